The Kier molecular flexibility index (Phi) is 10.7. The topological polar surface area (TPSA) is 54.9 Å². The second-order valence-electron chi connectivity index (χ2n) is 5.60. The van der Waals surface area contributed by atoms with Gasteiger partial charge in [0.1, 0.15) is 5.75 Å². The highest BCUT2D eigenvalue weighted by Crippen LogP contribution is 2.12. The van der Waals surface area contributed by atoms with Gasteiger partial charge in [-0.2, -0.15) is 0 Å². The van der Waals surface area contributed by atoms with E-state index in [4.69, 9.17) is 9.47 Å². The molecule has 5 nitrogen and oxygen atoms in total. The van der Waals surface area contributed by atoms with Gasteiger partial charge in [-0.1, -0.05) is 36.4 Å². The lowest BCUT2D eigenvalue weighted by Crippen LogP contribution is -2.37. The average molecular weight is 469 g/mol. The normalized spacial score (nSPS) is 10.8. The molecule has 2 N–H and O–H groups in total. The number of aliphatic imine (C=N–C) groups is 1. The highest BCUT2D eigenvalue weighted by Gasteiger charge is 2.03. The van der Waals surface area contributed by atoms with Gasteiger partial charge in [0, 0.05) is 20.2 Å². The number of ether oxygens (including phenoxy) is 2. The molecule has 2 rings (SSSR count). The molecule has 0 bridgehead atoms. The number of benzene rings is 2. The van der Waals surface area contributed by atoms with Gasteiger partial charge in [-0.3, -0.25) is 0 Å². The van der Waals surface area contributed by atoms with Gasteiger partial charge in [0.15, 0.2) is 5.96 Å². The van der Waals surface area contributed by atoms with Crippen LogP contribution in [-0.4, -0.2) is 26.7 Å². The summed E-state index contributed by atoms with van der Waals surface area (Å²) in [5.41, 5.74) is 3.53. The van der Waals surface area contributed by atoms with E-state index in [0.717, 1.165) is 23.8 Å². The molecule has 0 unspecified atom stereocenters. The van der Waals surface area contributed by atoms with Gasteiger partial charge >= 0.3 is 0 Å². The van der Waals surface area contributed by atoms with Crippen LogP contribution in [0.1, 0.15) is 23.6 Å². The zero-order chi connectivity index (χ0) is 17.9. The summed E-state index contributed by atoms with van der Waals surface area (Å²) in [7, 11) is 3.38. The van der Waals surface area contributed by atoms with Crippen molar-refractivity contribution in [2.45, 2.75) is 26.6 Å². The van der Waals surface area contributed by atoms with Crippen LogP contribution in [0.4, 0.5) is 0 Å². The molecule has 0 spiro atoms. The fraction of sp³-hybridized carbons (Fsp3) is 0.350. The first kappa shape index (κ1) is 22.2. The van der Waals surface area contributed by atoms with Gasteiger partial charge in [-0.15, -0.1) is 24.0 Å². The zero-order valence-electron chi connectivity index (χ0n) is 15.6. The quantitative estimate of drug-likeness (QED) is 0.352. The summed E-state index contributed by atoms with van der Waals surface area (Å²) in [6.07, 6.45) is 0. The Labute approximate surface area is 173 Å². The maximum Gasteiger partial charge on any atom is 0.191 e. The highest BCUT2D eigenvalue weighted by molar-refractivity contribution is 14.0. The van der Waals surface area contributed by atoms with Gasteiger partial charge in [0.2, 0.25) is 0 Å². The lowest BCUT2D eigenvalue weighted by molar-refractivity contribution is 0.184. The van der Waals surface area contributed by atoms with Gasteiger partial charge in [-0.25, -0.2) is 4.99 Å². The molecule has 0 atom stereocenters. The molecule has 0 heterocycles. The van der Waals surface area contributed by atoms with E-state index in [1.165, 1.54) is 11.1 Å². The number of hydrogen-bond acceptors (Lipinski definition) is 3. The SMILES string of the molecule is CCNC(=NCc1ccc(OC)cc1)NCc1ccccc1COC.I. The van der Waals surface area contributed by atoms with E-state index in [9.17, 15) is 0 Å². The first-order valence-corrected chi connectivity index (χ1v) is 8.47. The van der Waals surface area contributed by atoms with Crippen molar-refractivity contribution >= 4 is 29.9 Å². The maximum absolute atomic E-state index is 5.26. The first-order valence-electron chi connectivity index (χ1n) is 8.47. The summed E-state index contributed by atoms with van der Waals surface area (Å²) in [5, 5.41) is 6.67. The Morgan fingerprint density at radius 3 is 2.27 bits per heavy atom. The monoisotopic (exact) mass is 469 g/mol. The van der Waals surface area contributed by atoms with Crippen LogP contribution in [0.3, 0.4) is 0 Å². The summed E-state index contributed by atoms with van der Waals surface area (Å²) in [6.45, 7) is 4.79. The van der Waals surface area contributed by atoms with E-state index in [1.54, 1.807) is 14.2 Å². The lowest BCUT2D eigenvalue weighted by atomic mass is 10.1. The Balaban J connectivity index is 0.00000338. The fourth-order valence-corrected chi connectivity index (χ4v) is 2.45. The van der Waals surface area contributed by atoms with E-state index in [0.29, 0.717) is 19.7 Å². The van der Waals surface area contributed by atoms with Crippen LogP contribution in [0.25, 0.3) is 0 Å². The largest absolute Gasteiger partial charge is 0.497 e. The fourth-order valence-electron chi connectivity index (χ4n) is 2.45. The van der Waals surface area contributed by atoms with Crippen LogP contribution in [0.2, 0.25) is 0 Å². The third-order valence-corrected chi connectivity index (χ3v) is 3.79. The second-order valence-corrected chi connectivity index (χ2v) is 5.60. The van der Waals surface area contributed by atoms with E-state index in [1.807, 2.05) is 36.4 Å². The van der Waals surface area contributed by atoms with E-state index in [2.05, 4.69) is 34.7 Å². The van der Waals surface area contributed by atoms with Crippen molar-refractivity contribution in [3.63, 3.8) is 0 Å². The molecule has 0 radical (unpaired) electrons. The van der Waals surface area contributed by atoms with Gasteiger partial charge in [0.25, 0.3) is 0 Å². The first-order chi connectivity index (χ1) is 12.3. The maximum atomic E-state index is 5.26. The van der Waals surface area contributed by atoms with Crippen molar-refractivity contribution in [2.24, 2.45) is 4.99 Å². The molecule has 0 fully saturated rings. The minimum Gasteiger partial charge on any atom is -0.497 e. The smallest absolute Gasteiger partial charge is 0.191 e. The predicted molar refractivity (Wildman–Crippen MR) is 117 cm³/mol. The van der Waals surface area contributed by atoms with Crippen molar-refractivity contribution in [2.75, 3.05) is 20.8 Å². The number of methoxy groups -OCH3 is 2. The number of nitrogens with one attached hydrogen (secondary N) is 2. The van der Waals surface area contributed by atoms with Crippen LogP contribution >= 0.6 is 24.0 Å². The van der Waals surface area contributed by atoms with Crippen molar-refractivity contribution in [1.29, 1.82) is 0 Å². The molecule has 0 aromatic heterocycles. The molecule has 2 aromatic rings. The van der Waals surface area contributed by atoms with Crippen LogP contribution < -0.4 is 15.4 Å². The molecular weight excluding hydrogens is 441 g/mol. The molecular formula is C20H28IN3O2. The molecule has 2 aromatic carbocycles. The molecule has 0 saturated heterocycles. The second kappa shape index (κ2) is 12.5. The third-order valence-electron chi connectivity index (χ3n) is 3.79. The molecule has 0 saturated carbocycles. The minimum absolute atomic E-state index is 0. The molecule has 0 aliphatic heterocycles. The number of guanidine groups is 1. The Morgan fingerprint density at radius 2 is 1.65 bits per heavy atom. The molecule has 6 heteroatoms. The van der Waals surface area contributed by atoms with Crippen LogP contribution in [0, 0.1) is 0 Å². The summed E-state index contributed by atoms with van der Waals surface area (Å²) >= 11 is 0. The van der Waals surface area contributed by atoms with Crippen LogP contribution in [0.15, 0.2) is 53.5 Å². The molecule has 0 aliphatic carbocycles. The van der Waals surface area contributed by atoms with Gasteiger partial charge in [-0.05, 0) is 35.7 Å². The average Bonchev–Trinajstić information content (AvgIpc) is 2.65. The van der Waals surface area contributed by atoms with Gasteiger partial charge < -0.3 is 20.1 Å². The van der Waals surface area contributed by atoms with Crippen molar-refractivity contribution < 1.29 is 9.47 Å². The van der Waals surface area contributed by atoms with E-state index < -0.39 is 0 Å². The summed E-state index contributed by atoms with van der Waals surface area (Å²) in [6, 6.07) is 16.2. The number of hydrogen-bond donors (Lipinski definition) is 2. The summed E-state index contributed by atoms with van der Waals surface area (Å²) in [4.78, 5) is 4.65. The third kappa shape index (κ3) is 7.21. The molecule has 26 heavy (non-hydrogen) atoms. The van der Waals surface area contributed by atoms with Gasteiger partial charge in [0.05, 0.1) is 20.3 Å². The molecule has 142 valence electrons. The van der Waals surface area contributed by atoms with Crippen molar-refractivity contribution in [3.05, 3.63) is 65.2 Å². The number of halogens is 1. The Bertz CT molecular complexity index is 675. The Hall–Kier alpha value is -1.80. The predicted octanol–water partition coefficient (Wildman–Crippen LogP) is 3.71. The Morgan fingerprint density at radius 1 is 0.962 bits per heavy atom. The van der Waals surface area contributed by atoms with Crippen molar-refractivity contribution in [1.82, 2.24) is 10.6 Å². The van der Waals surface area contributed by atoms with Crippen molar-refractivity contribution in [3.8, 4) is 5.75 Å². The van der Waals surface area contributed by atoms with E-state index >= 15 is 0 Å². The standard InChI is InChI=1S/C20H27N3O2.HI/c1-4-21-20(22-13-16-9-11-19(25-3)12-10-16)23-14-17-7-5-6-8-18(17)15-24-2;/h5-12H,4,13-15H2,1-3H3,(H2,21,22,23);1H. The van der Waals surface area contributed by atoms with Crippen LogP contribution in [-0.2, 0) is 24.4 Å². The summed E-state index contributed by atoms with van der Waals surface area (Å²) < 4.78 is 10.4. The number of nitrogens with zero attached hydrogens (tertiary/aromatic N) is 1. The molecule has 0 aliphatic rings. The summed E-state index contributed by atoms with van der Waals surface area (Å²) in [5.74, 6) is 1.65. The molecule has 0 amide bonds. The lowest BCUT2D eigenvalue weighted by Gasteiger charge is -2.14. The zero-order valence-corrected chi connectivity index (χ0v) is 17.9. The van der Waals surface area contributed by atoms with E-state index in [-0.39, 0.29) is 24.0 Å². The highest BCUT2D eigenvalue weighted by atomic mass is 127. The van der Waals surface area contributed by atoms with Crippen LogP contribution in [0.5, 0.6) is 5.75 Å². The minimum atomic E-state index is 0. The number of rotatable bonds is 8.